The molecule has 1 aliphatic carbocycles. The Labute approximate surface area is 107 Å². The number of hydrogen-bond acceptors (Lipinski definition) is 3. The summed E-state index contributed by atoms with van der Waals surface area (Å²) in [4.78, 5) is 0. The van der Waals surface area contributed by atoms with Crippen molar-refractivity contribution in [1.29, 1.82) is 0 Å². The Morgan fingerprint density at radius 3 is 2.72 bits per heavy atom. The standard InChI is InChI=1S/C14H20N2O2/c1-10-7-8-13(12(9-10)14(15)16-17)18-11-5-3-2-4-6-11/h7-9,11,17H,2-6H2,1H3,(H2,15,16). The molecule has 0 bridgehead atoms. The zero-order valence-corrected chi connectivity index (χ0v) is 10.7. The van der Waals surface area contributed by atoms with Crippen LogP contribution in [0.1, 0.15) is 43.2 Å². The SMILES string of the molecule is Cc1ccc(OC2CCCCC2)c(/C(N)=N/O)c1. The lowest BCUT2D eigenvalue weighted by molar-refractivity contribution is 0.154. The van der Waals surface area contributed by atoms with Crippen LogP contribution in [0.25, 0.3) is 0 Å². The lowest BCUT2D eigenvalue weighted by atomic mass is 9.97. The van der Waals surface area contributed by atoms with Gasteiger partial charge in [-0.25, -0.2) is 0 Å². The fraction of sp³-hybridized carbons (Fsp3) is 0.500. The molecule has 4 heteroatoms. The number of rotatable bonds is 3. The molecule has 1 aromatic rings. The third-order valence-electron chi connectivity index (χ3n) is 3.36. The van der Waals surface area contributed by atoms with Gasteiger partial charge < -0.3 is 15.7 Å². The molecule has 0 amide bonds. The van der Waals surface area contributed by atoms with Crippen LogP contribution in [0.15, 0.2) is 23.4 Å². The number of amidine groups is 1. The summed E-state index contributed by atoms with van der Waals surface area (Å²) in [6, 6.07) is 5.76. The Kier molecular flexibility index (Phi) is 4.07. The molecule has 1 saturated carbocycles. The number of ether oxygens (including phenoxy) is 1. The Balaban J connectivity index is 2.20. The summed E-state index contributed by atoms with van der Waals surface area (Å²) in [5.74, 6) is 0.812. The van der Waals surface area contributed by atoms with Gasteiger partial charge in [0.15, 0.2) is 5.84 Å². The summed E-state index contributed by atoms with van der Waals surface area (Å²) in [5.41, 5.74) is 7.42. The zero-order chi connectivity index (χ0) is 13.0. The summed E-state index contributed by atoms with van der Waals surface area (Å²) in [7, 11) is 0. The van der Waals surface area contributed by atoms with Gasteiger partial charge in [0.1, 0.15) is 5.75 Å². The minimum Gasteiger partial charge on any atom is -0.490 e. The topological polar surface area (TPSA) is 67.8 Å². The monoisotopic (exact) mass is 248 g/mol. The first-order valence-corrected chi connectivity index (χ1v) is 6.46. The normalized spacial score (nSPS) is 17.7. The van der Waals surface area contributed by atoms with Gasteiger partial charge >= 0.3 is 0 Å². The van der Waals surface area contributed by atoms with Crippen molar-refractivity contribution in [3.63, 3.8) is 0 Å². The molecule has 18 heavy (non-hydrogen) atoms. The summed E-state index contributed by atoms with van der Waals surface area (Å²) in [6.07, 6.45) is 6.16. The largest absolute Gasteiger partial charge is 0.490 e. The maximum absolute atomic E-state index is 8.82. The Bertz CT molecular complexity index is 437. The lowest BCUT2D eigenvalue weighted by Crippen LogP contribution is -2.22. The smallest absolute Gasteiger partial charge is 0.173 e. The van der Waals surface area contributed by atoms with E-state index in [0.717, 1.165) is 18.4 Å². The molecule has 0 aromatic heterocycles. The van der Waals surface area contributed by atoms with Crippen LogP contribution in [0, 0.1) is 6.92 Å². The first kappa shape index (κ1) is 12.7. The number of nitrogens with zero attached hydrogens (tertiary/aromatic N) is 1. The lowest BCUT2D eigenvalue weighted by Gasteiger charge is -2.24. The maximum atomic E-state index is 8.82. The molecule has 1 fully saturated rings. The van der Waals surface area contributed by atoms with E-state index in [0.29, 0.717) is 11.3 Å². The first-order chi connectivity index (χ1) is 8.70. The van der Waals surface area contributed by atoms with E-state index >= 15 is 0 Å². The van der Waals surface area contributed by atoms with Gasteiger partial charge in [-0.3, -0.25) is 0 Å². The maximum Gasteiger partial charge on any atom is 0.173 e. The minimum absolute atomic E-state index is 0.101. The molecule has 1 aromatic carbocycles. The Morgan fingerprint density at radius 2 is 2.06 bits per heavy atom. The van der Waals surface area contributed by atoms with E-state index in [9.17, 15) is 0 Å². The van der Waals surface area contributed by atoms with Crippen LogP contribution in [-0.2, 0) is 0 Å². The van der Waals surface area contributed by atoms with E-state index in [1.807, 2.05) is 25.1 Å². The van der Waals surface area contributed by atoms with Crippen LogP contribution in [0.3, 0.4) is 0 Å². The van der Waals surface area contributed by atoms with E-state index < -0.39 is 0 Å². The highest BCUT2D eigenvalue weighted by atomic mass is 16.5. The molecule has 0 heterocycles. The molecule has 2 rings (SSSR count). The highest BCUT2D eigenvalue weighted by molar-refractivity contribution is 5.99. The molecule has 4 nitrogen and oxygen atoms in total. The van der Waals surface area contributed by atoms with Crippen molar-refractivity contribution in [2.24, 2.45) is 10.9 Å². The molecular weight excluding hydrogens is 228 g/mol. The van der Waals surface area contributed by atoms with Gasteiger partial charge in [-0.1, -0.05) is 23.2 Å². The molecule has 98 valence electrons. The fourth-order valence-corrected chi connectivity index (χ4v) is 2.36. The molecule has 0 saturated heterocycles. The second-order valence-corrected chi connectivity index (χ2v) is 4.86. The summed E-state index contributed by atoms with van der Waals surface area (Å²) >= 11 is 0. The number of hydrogen-bond donors (Lipinski definition) is 2. The van der Waals surface area contributed by atoms with E-state index in [-0.39, 0.29) is 11.9 Å². The number of benzene rings is 1. The van der Waals surface area contributed by atoms with Crippen LogP contribution in [-0.4, -0.2) is 17.1 Å². The number of nitrogens with two attached hydrogens (primary N) is 1. The van der Waals surface area contributed by atoms with Gasteiger partial charge in [0.05, 0.1) is 11.7 Å². The van der Waals surface area contributed by atoms with E-state index in [1.54, 1.807) is 0 Å². The quantitative estimate of drug-likeness (QED) is 0.374. The summed E-state index contributed by atoms with van der Waals surface area (Å²) < 4.78 is 5.99. The first-order valence-electron chi connectivity index (χ1n) is 6.46. The van der Waals surface area contributed by atoms with E-state index in [4.69, 9.17) is 15.7 Å². The van der Waals surface area contributed by atoms with Crippen LogP contribution < -0.4 is 10.5 Å². The van der Waals surface area contributed by atoms with Crippen molar-refractivity contribution in [1.82, 2.24) is 0 Å². The van der Waals surface area contributed by atoms with Crippen LogP contribution in [0.2, 0.25) is 0 Å². The Hall–Kier alpha value is -1.71. The van der Waals surface area contributed by atoms with E-state index in [1.165, 1.54) is 19.3 Å². The molecule has 0 unspecified atom stereocenters. The summed E-state index contributed by atoms with van der Waals surface area (Å²) in [6.45, 7) is 1.97. The van der Waals surface area contributed by atoms with Crippen molar-refractivity contribution in [3.8, 4) is 5.75 Å². The van der Waals surface area contributed by atoms with Gasteiger partial charge in [0.2, 0.25) is 0 Å². The molecule has 0 spiro atoms. The third-order valence-corrected chi connectivity index (χ3v) is 3.36. The minimum atomic E-state index is 0.101. The highest BCUT2D eigenvalue weighted by Crippen LogP contribution is 2.26. The van der Waals surface area contributed by atoms with Crippen LogP contribution in [0.4, 0.5) is 0 Å². The molecular formula is C14H20N2O2. The molecule has 0 atom stereocenters. The average molecular weight is 248 g/mol. The number of aryl methyl sites for hydroxylation is 1. The number of oxime groups is 1. The van der Waals surface area contributed by atoms with E-state index in [2.05, 4.69) is 5.16 Å². The van der Waals surface area contributed by atoms with Gasteiger partial charge in [0.25, 0.3) is 0 Å². The molecule has 3 N–H and O–H groups in total. The Morgan fingerprint density at radius 1 is 1.33 bits per heavy atom. The predicted molar refractivity (Wildman–Crippen MR) is 71.2 cm³/mol. The molecule has 1 aliphatic rings. The van der Waals surface area contributed by atoms with Gasteiger partial charge in [-0.15, -0.1) is 0 Å². The average Bonchev–Trinajstić information content (AvgIpc) is 2.41. The highest BCUT2D eigenvalue weighted by Gasteiger charge is 2.17. The predicted octanol–water partition coefficient (Wildman–Crippen LogP) is 2.80. The van der Waals surface area contributed by atoms with Crippen LogP contribution >= 0.6 is 0 Å². The van der Waals surface area contributed by atoms with Crippen molar-refractivity contribution < 1.29 is 9.94 Å². The van der Waals surface area contributed by atoms with Gasteiger partial charge in [-0.05, 0) is 44.7 Å². The zero-order valence-electron chi connectivity index (χ0n) is 10.7. The van der Waals surface area contributed by atoms with Crippen molar-refractivity contribution in [2.75, 3.05) is 0 Å². The molecule has 0 radical (unpaired) electrons. The molecule has 0 aliphatic heterocycles. The van der Waals surface area contributed by atoms with Crippen molar-refractivity contribution in [2.45, 2.75) is 45.1 Å². The van der Waals surface area contributed by atoms with Gasteiger partial charge in [0, 0.05) is 0 Å². The van der Waals surface area contributed by atoms with Crippen molar-refractivity contribution >= 4 is 5.84 Å². The van der Waals surface area contributed by atoms with Crippen molar-refractivity contribution in [3.05, 3.63) is 29.3 Å². The second kappa shape index (κ2) is 5.76. The summed E-state index contributed by atoms with van der Waals surface area (Å²) in [5, 5.41) is 11.9. The van der Waals surface area contributed by atoms with Crippen LogP contribution in [0.5, 0.6) is 5.75 Å². The second-order valence-electron chi connectivity index (χ2n) is 4.86. The third kappa shape index (κ3) is 2.94. The van der Waals surface area contributed by atoms with Gasteiger partial charge in [-0.2, -0.15) is 0 Å². The fourth-order valence-electron chi connectivity index (χ4n) is 2.36.